The molecule has 13 aromatic rings. The summed E-state index contributed by atoms with van der Waals surface area (Å²) >= 11 is 0. The van der Waals surface area contributed by atoms with Crippen LogP contribution in [0, 0.1) is 0 Å². The zero-order chi connectivity index (χ0) is 41.4. The van der Waals surface area contributed by atoms with Crippen molar-refractivity contribution in [2.24, 2.45) is 0 Å². The number of rotatable bonds is 6. The van der Waals surface area contributed by atoms with Gasteiger partial charge >= 0.3 is 0 Å². The average molecular weight is 804 g/mol. The fraction of sp³-hybridized carbons (Fsp3) is 0. The van der Waals surface area contributed by atoms with Crippen molar-refractivity contribution in [3.8, 4) is 50.8 Å². The Balaban J connectivity index is 0.914. The normalized spacial score (nSPS) is 11.8. The molecule has 0 spiro atoms. The zero-order valence-corrected chi connectivity index (χ0v) is 34.1. The van der Waals surface area contributed by atoms with E-state index in [0.29, 0.717) is 5.95 Å². The summed E-state index contributed by atoms with van der Waals surface area (Å²) in [5, 5.41) is 7.26. The lowest BCUT2D eigenvalue weighted by molar-refractivity contribution is 0.992. The molecule has 294 valence electrons. The largest absolute Gasteiger partial charge is 0.309 e. The highest BCUT2D eigenvalue weighted by molar-refractivity contribution is 6.13. The molecule has 0 bridgehead atoms. The summed E-state index contributed by atoms with van der Waals surface area (Å²) in [6, 6.07) is 78.3. The van der Waals surface area contributed by atoms with Crippen molar-refractivity contribution in [2.45, 2.75) is 0 Å². The van der Waals surface area contributed by atoms with Crippen LogP contribution in [0.5, 0.6) is 0 Å². The minimum Gasteiger partial charge on any atom is -0.309 e. The predicted molar refractivity (Wildman–Crippen MR) is 261 cm³/mol. The number of para-hydroxylation sites is 5. The van der Waals surface area contributed by atoms with Crippen molar-refractivity contribution in [3.63, 3.8) is 0 Å². The number of fused-ring (bicyclic) bond motifs is 9. The molecule has 4 aromatic heterocycles. The molecule has 0 saturated carbocycles. The summed E-state index contributed by atoms with van der Waals surface area (Å²) < 4.78 is 6.94. The minimum absolute atomic E-state index is 0.637. The smallest absolute Gasteiger partial charge is 0.235 e. The van der Waals surface area contributed by atoms with E-state index in [1.165, 1.54) is 49.0 Å². The molecule has 63 heavy (non-hydrogen) atoms. The Bertz CT molecular complexity index is 3910. The molecular weight excluding hydrogens is 767 g/mol. The summed E-state index contributed by atoms with van der Waals surface area (Å²) in [5.74, 6) is 0.637. The monoisotopic (exact) mass is 803 g/mol. The van der Waals surface area contributed by atoms with Gasteiger partial charge in [0.2, 0.25) is 5.95 Å². The van der Waals surface area contributed by atoms with Gasteiger partial charge in [0.1, 0.15) is 0 Å². The molecule has 0 radical (unpaired) electrons. The Morgan fingerprint density at radius 1 is 0.270 bits per heavy atom. The van der Waals surface area contributed by atoms with Crippen molar-refractivity contribution in [2.75, 3.05) is 0 Å². The lowest BCUT2D eigenvalue weighted by atomic mass is 10.00. The highest BCUT2D eigenvalue weighted by Gasteiger charge is 2.18. The van der Waals surface area contributed by atoms with E-state index in [1.54, 1.807) is 0 Å². The van der Waals surface area contributed by atoms with E-state index in [4.69, 9.17) is 9.97 Å². The number of nitrogens with zero attached hydrogens (tertiary/aromatic N) is 5. The van der Waals surface area contributed by atoms with Crippen molar-refractivity contribution in [1.82, 2.24) is 23.7 Å². The number of benzene rings is 9. The van der Waals surface area contributed by atoms with E-state index in [1.807, 2.05) is 12.3 Å². The average Bonchev–Trinajstić information content (AvgIpc) is 3.99. The molecule has 0 N–H and O–H groups in total. The van der Waals surface area contributed by atoms with Gasteiger partial charge < -0.3 is 9.13 Å². The van der Waals surface area contributed by atoms with E-state index in [-0.39, 0.29) is 0 Å². The first kappa shape index (κ1) is 35.2. The SMILES string of the molecule is c1ccc(-n2c3ccccc3c3cc(-c4cccc(-c5ccnc(-n6c7ccccc7c7ccc(-c8ccc9c(c8)c8ccccc8n9-c8ccccc8)cc76)n5)c4)ccc32)cc1. The number of hydrogen-bond acceptors (Lipinski definition) is 2. The fourth-order valence-electron chi connectivity index (χ4n) is 9.86. The third-order valence-electron chi connectivity index (χ3n) is 12.7. The van der Waals surface area contributed by atoms with Gasteiger partial charge in [0.05, 0.1) is 38.8 Å². The number of hydrogen-bond donors (Lipinski definition) is 0. The predicted octanol–water partition coefficient (Wildman–Crippen LogP) is 14.8. The maximum atomic E-state index is 5.30. The topological polar surface area (TPSA) is 40.6 Å². The van der Waals surface area contributed by atoms with Gasteiger partial charge in [-0.2, -0.15) is 0 Å². The highest BCUT2D eigenvalue weighted by Crippen LogP contribution is 2.39. The molecule has 13 rings (SSSR count). The zero-order valence-electron chi connectivity index (χ0n) is 34.1. The second kappa shape index (κ2) is 14.0. The minimum atomic E-state index is 0.637. The van der Waals surface area contributed by atoms with Crippen LogP contribution in [0.25, 0.3) is 116 Å². The molecule has 0 aliphatic rings. The van der Waals surface area contributed by atoms with Crippen molar-refractivity contribution >= 4 is 65.4 Å². The Hall–Kier alpha value is -8.54. The Kier molecular flexibility index (Phi) is 7.84. The van der Waals surface area contributed by atoms with E-state index < -0.39 is 0 Å². The summed E-state index contributed by atoms with van der Waals surface area (Å²) in [5.41, 5.74) is 15.7. The van der Waals surface area contributed by atoms with Gasteiger partial charge in [0, 0.05) is 55.5 Å². The van der Waals surface area contributed by atoms with Crippen LogP contribution < -0.4 is 0 Å². The van der Waals surface area contributed by atoms with Gasteiger partial charge in [0.25, 0.3) is 0 Å². The van der Waals surface area contributed by atoms with Crippen LogP contribution in [-0.2, 0) is 0 Å². The molecular formula is C58H37N5. The first-order valence-electron chi connectivity index (χ1n) is 21.4. The highest BCUT2D eigenvalue weighted by atomic mass is 15.2. The molecule has 0 aliphatic heterocycles. The summed E-state index contributed by atoms with van der Waals surface area (Å²) in [4.78, 5) is 10.2. The van der Waals surface area contributed by atoms with Crippen LogP contribution in [0.3, 0.4) is 0 Å². The van der Waals surface area contributed by atoms with Crippen molar-refractivity contribution in [3.05, 3.63) is 225 Å². The van der Waals surface area contributed by atoms with Crippen LogP contribution in [0.4, 0.5) is 0 Å². The van der Waals surface area contributed by atoms with Crippen LogP contribution in [0.1, 0.15) is 0 Å². The van der Waals surface area contributed by atoms with Crippen LogP contribution in [0.15, 0.2) is 225 Å². The van der Waals surface area contributed by atoms with Gasteiger partial charge in [-0.3, -0.25) is 4.57 Å². The van der Waals surface area contributed by atoms with E-state index in [0.717, 1.165) is 61.3 Å². The second-order valence-corrected chi connectivity index (χ2v) is 16.2. The van der Waals surface area contributed by atoms with E-state index in [2.05, 4.69) is 226 Å². The summed E-state index contributed by atoms with van der Waals surface area (Å²) in [7, 11) is 0. The Morgan fingerprint density at radius 3 is 1.32 bits per heavy atom. The molecule has 5 heteroatoms. The molecule has 0 atom stereocenters. The Labute approximate surface area is 363 Å². The third-order valence-corrected chi connectivity index (χ3v) is 12.7. The maximum absolute atomic E-state index is 5.30. The lowest BCUT2D eigenvalue weighted by Gasteiger charge is -2.11. The molecule has 0 amide bonds. The van der Waals surface area contributed by atoms with Crippen LogP contribution in [0.2, 0.25) is 0 Å². The third kappa shape index (κ3) is 5.57. The first-order valence-corrected chi connectivity index (χ1v) is 21.4. The van der Waals surface area contributed by atoms with E-state index in [9.17, 15) is 0 Å². The first-order chi connectivity index (χ1) is 31.2. The molecule has 4 heterocycles. The Morgan fingerprint density at radius 2 is 0.714 bits per heavy atom. The fourth-order valence-corrected chi connectivity index (χ4v) is 9.86. The standard InChI is InChI=1S/C58H37N5/c1-3-16-43(17-4-1)61-52-23-10-8-21-46(52)49-35-39(27-30-55(49)61)38-14-13-15-42(34-38)51-32-33-59-58(60-51)63-54-25-12-7-20-45(54)48-29-26-41(37-57(48)63)40-28-31-56-50(36-40)47-22-9-11-24-53(47)62(56)44-18-5-2-6-19-44/h1-37H. The van der Waals surface area contributed by atoms with Gasteiger partial charge in [-0.05, 0) is 107 Å². The lowest BCUT2D eigenvalue weighted by Crippen LogP contribution is -2.01. The second-order valence-electron chi connectivity index (χ2n) is 16.2. The quantitative estimate of drug-likeness (QED) is 0.168. The van der Waals surface area contributed by atoms with Crippen molar-refractivity contribution in [1.29, 1.82) is 0 Å². The summed E-state index contributed by atoms with van der Waals surface area (Å²) in [6.07, 6.45) is 1.88. The molecule has 9 aromatic carbocycles. The van der Waals surface area contributed by atoms with Gasteiger partial charge in [-0.15, -0.1) is 0 Å². The van der Waals surface area contributed by atoms with Crippen LogP contribution >= 0.6 is 0 Å². The van der Waals surface area contributed by atoms with Crippen molar-refractivity contribution < 1.29 is 0 Å². The molecule has 0 unspecified atom stereocenters. The van der Waals surface area contributed by atoms with E-state index >= 15 is 0 Å². The molecule has 0 fully saturated rings. The maximum Gasteiger partial charge on any atom is 0.235 e. The summed E-state index contributed by atoms with van der Waals surface area (Å²) in [6.45, 7) is 0. The number of aromatic nitrogens is 5. The molecule has 5 nitrogen and oxygen atoms in total. The molecule has 0 aliphatic carbocycles. The van der Waals surface area contributed by atoms with Crippen LogP contribution in [-0.4, -0.2) is 23.7 Å². The van der Waals surface area contributed by atoms with Gasteiger partial charge in [0.15, 0.2) is 0 Å². The van der Waals surface area contributed by atoms with Gasteiger partial charge in [-0.25, -0.2) is 9.97 Å². The van der Waals surface area contributed by atoms with Gasteiger partial charge in [-0.1, -0.05) is 133 Å². The molecule has 0 saturated heterocycles.